The molecule has 0 fully saturated rings. The van der Waals surface area contributed by atoms with Crippen LogP contribution < -0.4 is 20.1 Å². The van der Waals surface area contributed by atoms with Gasteiger partial charge in [0.2, 0.25) is 21.8 Å². The van der Waals surface area contributed by atoms with Crippen molar-refractivity contribution in [1.29, 1.82) is 0 Å². The van der Waals surface area contributed by atoms with E-state index in [1.165, 1.54) is 6.07 Å². The normalized spacial score (nSPS) is 14.8. The summed E-state index contributed by atoms with van der Waals surface area (Å²) in [6.07, 6.45) is 1.66. The molecule has 172 valence electrons. The van der Waals surface area contributed by atoms with Gasteiger partial charge in [0.1, 0.15) is 11.8 Å². The molecule has 0 spiro atoms. The van der Waals surface area contributed by atoms with E-state index in [1.807, 2.05) is 12.1 Å². The monoisotopic (exact) mass is 459 g/mol. The van der Waals surface area contributed by atoms with Gasteiger partial charge in [0.05, 0.1) is 12.0 Å². The Morgan fingerprint density at radius 2 is 1.84 bits per heavy atom. The molecular weight excluding hydrogens is 430 g/mol. The molecular formula is C23H29N3O5S. The Labute approximate surface area is 188 Å². The number of carbonyl (C=O) groups excluding carboxylic acids is 2. The van der Waals surface area contributed by atoms with E-state index in [2.05, 4.69) is 15.4 Å². The van der Waals surface area contributed by atoms with Gasteiger partial charge in [-0.2, -0.15) is 4.72 Å². The van der Waals surface area contributed by atoms with Crippen LogP contribution in [-0.4, -0.2) is 33.4 Å². The average molecular weight is 460 g/mol. The first-order valence-corrected chi connectivity index (χ1v) is 12.0. The second-order valence-corrected chi connectivity index (χ2v) is 9.84. The second-order valence-electron chi connectivity index (χ2n) is 8.13. The summed E-state index contributed by atoms with van der Waals surface area (Å²) in [4.78, 5) is 24.6. The Hall–Kier alpha value is -2.91. The van der Waals surface area contributed by atoms with Gasteiger partial charge in [0.15, 0.2) is 0 Å². The summed E-state index contributed by atoms with van der Waals surface area (Å²) in [5.74, 6) is -0.0266. The summed E-state index contributed by atoms with van der Waals surface area (Å²) in [6.45, 7) is 3.84. The van der Waals surface area contributed by atoms with Gasteiger partial charge in [-0.1, -0.05) is 26.0 Å². The summed E-state index contributed by atoms with van der Waals surface area (Å²) in [5, 5.41) is 5.59. The minimum Gasteiger partial charge on any atom is -0.497 e. The summed E-state index contributed by atoms with van der Waals surface area (Å²) in [5.41, 5.74) is 2.27. The minimum atomic E-state index is -3.94. The maximum Gasteiger partial charge on any atom is 0.241 e. The summed E-state index contributed by atoms with van der Waals surface area (Å²) in [7, 11) is -2.36. The van der Waals surface area contributed by atoms with Crippen LogP contribution in [0.3, 0.4) is 0 Å². The van der Waals surface area contributed by atoms with Crippen LogP contribution in [0.25, 0.3) is 0 Å². The lowest BCUT2D eigenvalue weighted by molar-refractivity contribution is -0.123. The van der Waals surface area contributed by atoms with Crippen molar-refractivity contribution in [2.75, 3.05) is 12.4 Å². The number of benzene rings is 2. The largest absolute Gasteiger partial charge is 0.497 e. The first-order chi connectivity index (χ1) is 15.2. The molecule has 3 rings (SSSR count). The van der Waals surface area contributed by atoms with E-state index in [9.17, 15) is 18.0 Å². The van der Waals surface area contributed by atoms with Crippen molar-refractivity contribution < 1.29 is 22.7 Å². The Bertz CT molecular complexity index is 1080. The molecule has 0 bridgehead atoms. The van der Waals surface area contributed by atoms with Crippen molar-refractivity contribution in [1.82, 2.24) is 10.0 Å². The van der Waals surface area contributed by atoms with E-state index in [0.717, 1.165) is 11.1 Å². The Balaban J connectivity index is 1.72. The number of fused-ring (bicyclic) bond motifs is 1. The molecule has 0 saturated carbocycles. The van der Waals surface area contributed by atoms with Crippen LogP contribution in [-0.2, 0) is 32.6 Å². The topological polar surface area (TPSA) is 114 Å². The Morgan fingerprint density at radius 3 is 2.50 bits per heavy atom. The maximum atomic E-state index is 13.0. The number of methoxy groups -OCH3 is 1. The summed E-state index contributed by atoms with van der Waals surface area (Å²) >= 11 is 0. The summed E-state index contributed by atoms with van der Waals surface area (Å²) < 4.78 is 33.8. The molecule has 0 radical (unpaired) electrons. The quantitative estimate of drug-likeness (QED) is 0.562. The minimum absolute atomic E-state index is 0.0704. The lowest BCUT2D eigenvalue weighted by Gasteiger charge is -2.22. The van der Waals surface area contributed by atoms with Gasteiger partial charge in [-0.3, -0.25) is 9.59 Å². The van der Waals surface area contributed by atoms with Crippen molar-refractivity contribution in [2.45, 2.75) is 50.6 Å². The molecule has 0 aromatic heterocycles. The van der Waals surface area contributed by atoms with Crippen LogP contribution in [0.2, 0.25) is 0 Å². The smallest absolute Gasteiger partial charge is 0.241 e. The van der Waals surface area contributed by atoms with E-state index in [-0.39, 0.29) is 23.3 Å². The molecule has 2 aromatic carbocycles. The third kappa shape index (κ3) is 5.86. The van der Waals surface area contributed by atoms with Crippen molar-refractivity contribution >= 4 is 27.5 Å². The zero-order chi connectivity index (χ0) is 23.3. The van der Waals surface area contributed by atoms with Crippen LogP contribution in [0, 0.1) is 5.92 Å². The molecule has 1 aliphatic rings. The number of carbonyl (C=O) groups is 2. The fourth-order valence-corrected chi connectivity index (χ4v) is 4.88. The first kappa shape index (κ1) is 23.7. The lowest BCUT2D eigenvalue weighted by Crippen LogP contribution is -2.49. The molecule has 2 aromatic rings. The number of hydrogen-bond acceptors (Lipinski definition) is 5. The van der Waals surface area contributed by atoms with Crippen molar-refractivity contribution in [3.05, 3.63) is 53.6 Å². The van der Waals surface area contributed by atoms with E-state index < -0.39 is 22.0 Å². The van der Waals surface area contributed by atoms with E-state index in [1.54, 1.807) is 45.2 Å². The van der Waals surface area contributed by atoms with Gasteiger partial charge in [0.25, 0.3) is 0 Å². The second kappa shape index (κ2) is 10.1. The number of ether oxygens (including phenoxy) is 1. The SMILES string of the molecule is COc1ccc(CNC(=O)[C@H](NS(=O)(=O)c2ccc3c(c2)CCCC(=O)N3)C(C)C)cc1. The third-order valence-corrected chi connectivity index (χ3v) is 6.81. The first-order valence-electron chi connectivity index (χ1n) is 10.6. The van der Waals surface area contributed by atoms with E-state index in [0.29, 0.717) is 30.7 Å². The molecule has 1 heterocycles. The molecule has 3 N–H and O–H groups in total. The number of rotatable bonds is 8. The van der Waals surface area contributed by atoms with Crippen LogP contribution in [0.5, 0.6) is 5.75 Å². The molecule has 8 nitrogen and oxygen atoms in total. The number of sulfonamides is 1. The zero-order valence-electron chi connectivity index (χ0n) is 18.5. The molecule has 0 unspecified atom stereocenters. The van der Waals surface area contributed by atoms with Gasteiger partial charge in [-0.25, -0.2) is 8.42 Å². The van der Waals surface area contributed by atoms with Gasteiger partial charge in [-0.05, 0) is 60.2 Å². The van der Waals surface area contributed by atoms with Crippen LogP contribution in [0.15, 0.2) is 47.4 Å². The van der Waals surface area contributed by atoms with Crippen LogP contribution in [0.4, 0.5) is 5.69 Å². The predicted octanol–water partition coefficient (Wildman–Crippen LogP) is 2.59. The highest BCUT2D eigenvalue weighted by Gasteiger charge is 2.29. The van der Waals surface area contributed by atoms with Gasteiger partial charge in [0, 0.05) is 18.7 Å². The van der Waals surface area contributed by atoms with Crippen LogP contribution >= 0.6 is 0 Å². The fourth-order valence-electron chi connectivity index (χ4n) is 3.49. The molecule has 32 heavy (non-hydrogen) atoms. The fraction of sp³-hybridized carbons (Fsp3) is 0.391. The number of nitrogens with one attached hydrogen (secondary N) is 3. The van der Waals surface area contributed by atoms with Gasteiger partial charge < -0.3 is 15.4 Å². The van der Waals surface area contributed by atoms with Gasteiger partial charge >= 0.3 is 0 Å². The number of amides is 2. The van der Waals surface area contributed by atoms with Crippen molar-refractivity contribution in [3.63, 3.8) is 0 Å². The molecule has 0 saturated heterocycles. The maximum absolute atomic E-state index is 13.0. The van der Waals surface area contributed by atoms with Crippen molar-refractivity contribution in [3.8, 4) is 5.75 Å². The summed E-state index contributed by atoms with van der Waals surface area (Å²) in [6, 6.07) is 10.9. The molecule has 2 amide bonds. The zero-order valence-corrected chi connectivity index (χ0v) is 19.3. The van der Waals surface area contributed by atoms with E-state index >= 15 is 0 Å². The number of aryl methyl sites for hydroxylation is 1. The van der Waals surface area contributed by atoms with Gasteiger partial charge in [-0.15, -0.1) is 0 Å². The Kier molecular flexibility index (Phi) is 7.52. The lowest BCUT2D eigenvalue weighted by atomic mass is 10.0. The third-order valence-electron chi connectivity index (χ3n) is 5.37. The highest BCUT2D eigenvalue weighted by molar-refractivity contribution is 7.89. The van der Waals surface area contributed by atoms with E-state index in [4.69, 9.17) is 4.74 Å². The molecule has 9 heteroatoms. The molecule has 0 aliphatic carbocycles. The average Bonchev–Trinajstić information content (AvgIpc) is 2.95. The number of anilines is 1. The highest BCUT2D eigenvalue weighted by Crippen LogP contribution is 2.25. The van der Waals surface area contributed by atoms with Crippen LogP contribution in [0.1, 0.15) is 37.8 Å². The predicted molar refractivity (Wildman–Crippen MR) is 122 cm³/mol. The highest BCUT2D eigenvalue weighted by atomic mass is 32.2. The molecule has 1 aliphatic heterocycles. The molecule has 1 atom stereocenters. The Morgan fingerprint density at radius 1 is 1.12 bits per heavy atom. The van der Waals surface area contributed by atoms with Crippen molar-refractivity contribution in [2.24, 2.45) is 5.92 Å². The standard InChI is InChI=1S/C23H29N3O5S/c1-15(2)22(23(28)24-14-16-7-9-18(31-3)10-8-16)26-32(29,30)19-11-12-20-17(13-19)5-4-6-21(27)25-20/h7-13,15,22,26H,4-6,14H2,1-3H3,(H,24,28)(H,25,27)/t22-/m1/s1. The number of hydrogen-bond donors (Lipinski definition) is 3.